The average molecular weight is 224 g/mol. The van der Waals surface area contributed by atoms with Crippen LogP contribution in [0.1, 0.15) is 5.56 Å². The fourth-order valence-corrected chi connectivity index (χ4v) is 1.19. The number of rotatable bonds is 4. The van der Waals surface area contributed by atoms with Crippen molar-refractivity contribution in [2.24, 2.45) is 0 Å². The molecule has 5 heteroatoms. The van der Waals surface area contributed by atoms with Gasteiger partial charge in [0.1, 0.15) is 6.29 Å². The lowest BCUT2D eigenvalue weighted by molar-refractivity contribution is -0.130. The summed E-state index contributed by atoms with van der Waals surface area (Å²) in [5, 5.41) is 8.79. The number of hydrogen-bond donors (Lipinski definition) is 1. The van der Waals surface area contributed by atoms with E-state index in [4.69, 9.17) is 5.11 Å². The molecule has 1 N–H and O–H groups in total. The van der Waals surface area contributed by atoms with Crippen molar-refractivity contribution in [1.29, 1.82) is 0 Å². The maximum atomic E-state index is 13.3. The van der Waals surface area contributed by atoms with Gasteiger partial charge in [0, 0.05) is 0 Å². The Balaban J connectivity index is 3.22. The molecule has 0 spiro atoms. The molecule has 84 valence electrons. The van der Waals surface area contributed by atoms with Gasteiger partial charge in [-0.1, -0.05) is 6.07 Å². The zero-order valence-corrected chi connectivity index (χ0v) is 8.44. The highest BCUT2D eigenvalue weighted by Crippen LogP contribution is 2.22. The summed E-state index contributed by atoms with van der Waals surface area (Å²) in [4.78, 5) is 21.0. The molecule has 0 amide bonds. The lowest BCUT2D eigenvalue weighted by atomic mass is 10.1. The van der Waals surface area contributed by atoms with Crippen LogP contribution in [0.25, 0.3) is 5.57 Å². The molecule has 0 saturated heterocycles. The van der Waals surface area contributed by atoms with Gasteiger partial charge in [-0.15, -0.1) is 0 Å². The molecule has 4 nitrogen and oxygen atoms in total. The summed E-state index contributed by atoms with van der Waals surface area (Å²) in [5.41, 5.74) is -0.158. The Kier molecular flexibility index (Phi) is 3.77. The number of allylic oxidation sites excluding steroid dienone is 1. The normalized spacial score (nSPS) is 11.0. The van der Waals surface area contributed by atoms with Crippen molar-refractivity contribution in [2.45, 2.75) is 0 Å². The molecule has 0 radical (unpaired) electrons. The van der Waals surface area contributed by atoms with Gasteiger partial charge in [0.05, 0.1) is 12.7 Å². The predicted octanol–water partition coefficient (Wildman–Crippen LogP) is 1.50. The molecule has 1 aromatic carbocycles. The van der Waals surface area contributed by atoms with Crippen molar-refractivity contribution < 1.29 is 23.8 Å². The molecular weight excluding hydrogens is 215 g/mol. The highest BCUT2D eigenvalue weighted by Gasteiger charge is 2.12. The molecule has 0 atom stereocenters. The van der Waals surface area contributed by atoms with Crippen LogP contribution in [0.2, 0.25) is 0 Å². The molecule has 0 saturated carbocycles. The maximum Gasteiger partial charge on any atom is 0.336 e. The van der Waals surface area contributed by atoms with E-state index < -0.39 is 11.8 Å². The molecule has 0 bridgehead atoms. The van der Waals surface area contributed by atoms with Crippen molar-refractivity contribution in [3.8, 4) is 5.75 Å². The van der Waals surface area contributed by atoms with Gasteiger partial charge in [-0.2, -0.15) is 0 Å². The van der Waals surface area contributed by atoms with Crippen LogP contribution >= 0.6 is 0 Å². The quantitative estimate of drug-likeness (QED) is 0.621. The third kappa shape index (κ3) is 2.44. The van der Waals surface area contributed by atoms with Gasteiger partial charge in [-0.25, -0.2) is 9.18 Å². The van der Waals surface area contributed by atoms with Gasteiger partial charge in [-0.05, 0) is 23.8 Å². The molecule has 16 heavy (non-hydrogen) atoms. The molecular formula is C11H9FO4. The standard InChI is InChI=1S/C11H9FO4/c1-16-10-3-2-7(6-9(10)12)8(4-5-13)11(14)15/h2-6H,1H3,(H,14,15)/b8-4+. The second kappa shape index (κ2) is 5.06. The maximum absolute atomic E-state index is 13.3. The zero-order chi connectivity index (χ0) is 12.1. The van der Waals surface area contributed by atoms with E-state index in [2.05, 4.69) is 4.74 Å². The number of aldehydes is 1. The van der Waals surface area contributed by atoms with E-state index in [-0.39, 0.29) is 16.9 Å². The molecule has 1 aromatic rings. The molecule has 0 aromatic heterocycles. The van der Waals surface area contributed by atoms with Crippen LogP contribution in [0.5, 0.6) is 5.75 Å². The van der Waals surface area contributed by atoms with Crippen LogP contribution in [-0.4, -0.2) is 24.5 Å². The fourth-order valence-electron chi connectivity index (χ4n) is 1.19. The van der Waals surface area contributed by atoms with E-state index in [0.29, 0.717) is 6.29 Å². The van der Waals surface area contributed by atoms with E-state index in [1.807, 2.05) is 0 Å². The third-order valence-electron chi connectivity index (χ3n) is 1.93. The third-order valence-corrected chi connectivity index (χ3v) is 1.93. The topological polar surface area (TPSA) is 63.6 Å². The smallest absolute Gasteiger partial charge is 0.336 e. The minimum Gasteiger partial charge on any atom is -0.494 e. The highest BCUT2D eigenvalue weighted by molar-refractivity contribution is 6.18. The van der Waals surface area contributed by atoms with Crippen molar-refractivity contribution >= 4 is 17.8 Å². The van der Waals surface area contributed by atoms with Crippen LogP contribution in [0.4, 0.5) is 4.39 Å². The second-order valence-electron chi connectivity index (χ2n) is 2.87. The minimum absolute atomic E-state index is 0.0135. The van der Waals surface area contributed by atoms with Crippen LogP contribution in [0.15, 0.2) is 24.3 Å². The van der Waals surface area contributed by atoms with Crippen LogP contribution in [0.3, 0.4) is 0 Å². The van der Waals surface area contributed by atoms with Crippen molar-refractivity contribution in [1.82, 2.24) is 0 Å². The van der Waals surface area contributed by atoms with Crippen LogP contribution in [0, 0.1) is 5.82 Å². The van der Waals surface area contributed by atoms with Gasteiger partial charge < -0.3 is 9.84 Å². The summed E-state index contributed by atoms with van der Waals surface area (Å²) < 4.78 is 18.0. The van der Waals surface area contributed by atoms with Gasteiger partial charge in [-0.3, -0.25) is 4.79 Å². The van der Waals surface area contributed by atoms with E-state index in [9.17, 15) is 14.0 Å². The van der Waals surface area contributed by atoms with E-state index in [1.165, 1.54) is 19.2 Å². The summed E-state index contributed by atoms with van der Waals surface area (Å²) >= 11 is 0. The lowest BCUT2D eigenvalue weighted by Crippen LogP contribution is -2.01. The summed E-state index contributed by atoms with van der Waals surface area (Å²) in [5.74, 6) is -1.96. The first-order valence-corrected chi connectivity index (χ1v) is 4.32. The number of methoxy groups -OCH3 is 1. The van der Waals surface area contributed by atoms with Crippen molar-refractivity contribution in [3.63, 3.8) is 0 Å². The van der Waals surface area contributed by atoms with Crippen LogP contribution in [-0.2, 0) is 9.59 Å². The monoisotopic (exact) mass is 224 g/mol. The van der Waals surface area contributed by atoms with Gasteiger partial charge in [0.2, 0.25) is 0 Å². The SMILES string of the molecule is COc1ccc(/C(=C\C=O)C(=O)O)cc1F. The number of halogens is 1. The minimum atomic E-state index is -1.29. The van der Waals surface area contributed by atoms with Crippen molar-refractivity contribution in [3.05, 3.63) is 35.7 Å². The average Bonchev–Trinajstić information content (AvgIpc) is 2.25. The number of hydrogen-bond acceptors (Lipinski definition) is 3. The fraction of sp³-hybridized carbons (Fsp3) is 0.0909. The molecule has 0 fully saturated rings. The first-order chi connectivity index (χ1) is 7.60. The summed E-state index contributed by atoms with van der Waals surface area (Å²) in [6.07, 6.45) is 1.20. The number of carboxylic acid groups (broad SMARTS) is 1. The first kappa shape index (κ1) is 11.9. The molecule has 0 heterocycles. The number of ether oxygens (including phenoxy) is 1. The lowest BCUT2D eigenvalue weighted by Gasteiger charge is -2.05. The zero-order valence-electron chi connectivity index (χ0n) is 8.44. The van der Waals surface area contributed by atoms with E-state index in [1.54, 1.807) is 0 Å². The molecule has 1 rings (SSSR count). The number of carboxylic acids is 1. The summed E-state index contributed by atoms with van der Waals surface area (Å²) in [6, 6.07) is 3.67. The Morgan fingerprint density at radius 1 is 1.50 bits per heavy atom. The number of benzene rings is 1. The van der Waals surface area contributed by atoms with Gasteiger partial charge >= 0.3 is 5.97 Å². The van der Waals surface area contributed by atoms with Gasteiger partial charge in [0.25, 0.3) is 0 Å². The van der Waals surface area contributed by atoms with Crippen molar-refractivity contribution in [2.75, 3.05) is 7.11 Å². The largest absolute Gasteiger partial charge is 0.494 e. The Morgan fingerprint density at radius 2 is 2.19 bits per heavy atom. The van der Waals surface area contributed by atoms with Gasteiger partial charge in [0.15, 0.2) is 11.6 Å². The Bertz CT molecular complexity index is 451. The Morgan fingerprint density at radius 3 is 2.62 bits per heavy atom. The number of carbonyl (C=O) groups excluding carboxylic acids is 1. The molecule has 0 aliphatic carbocycles. The Hall–Kier alpha value is -2.17. The van der Waals surface area contributed by atoms with E-state index >= 15 is 0 Å². The molecule has 0 unspecified atom stereocenters. The number of carbonyl (C=O) groups is 2. The number of aliphatic carboxylic acids is 1. The summed E-state index contributed by atoms with van der Waals surface area (Å²) in [6.45, 7) is 0. The van der Waals surface area contributed by atoms with Crippen LogP contribution < -0.4 is 4.74 Å². The second-order valence-corrected chi connectivity index (χ2v) is 2.87. The van der Waals surface area contributed by atoms with E-state index in [0.717, 1.165) is 12.1 Å². The Labute approximate surface area is 91.0 Å². The highest BCUT2D eigenvalue weighted by atomic mass is 19.1. The molecule has 0 aliphatic rings. The summed E-state index contributed by atoms with van der Waals surface area (Å²) in [7, 11) is 1.30. The molecule has 0 aliphatic heterocycles. The first-order valence-electron chi connectivity index (χ1n) is 4.32. The predicted molar refractivity (Wildman–Crippen MR) is 54.6 cm³/mol.